The van der Waals surface area contributed by atoms with Gasteiger partial charge in [0, 0.05) is 25.8 Å². The van der Waals surface area contributed by atoms with Crippen LogP contribution in [-0.2, 0) is 86.6 Å². The van der Waals surface area contributed by atoms with E-state index in [0.29, 0.717) is 0 Å². The number of rotatable bonds is 26. The third kappa shape index (κ3) is 18.6. The van der Waals surface area contributed by atoms with Gasteiger partial charge >= 0.3 is 37.2 Å². The summed E-state index contributed by atoms with van der Waals surface area (Å²) in [4.78, 5) is 52.5. The molecule has 2 saturated heterocycles. The van der Waals surface area contributed by atoms with Crippen molar-refractivity contribution in [3.05, 3.63) is 0 Å². The number of hydrogen-bond donors (Lipinski definition) is 11. The first-order valence-corrected chi connectivity index (χ1v) is 27.0. The van der Waals surface area contributed by atoms with E-state index in [4.69, 9.17) is 32.8 Å². The molecule has 29 nitrogen and oxygen atoms in total. The Morgan fingerprint density at radius 3 is 2.00 bits per heavy atom. The molecule has 0 spiro atoms. The summed E-state index contributed by atoms with van der Waals surface area (Å²) in [6.45, 7) is 1.23. The van der Waals surface area contributed by atoms with E-state index in [2.05, 4.69) is 23.2 Å². The summed E-state index contributed by atoms with van der Waals surface area (Å²) in [5, 5.41) is 68.7. The number of carboxylic acid groups (broad SMARTS) is 1. The lowest BCUT2D eigenvalue weighted by atomic mass is 9.74. The van der Waals surface area contributed by atoms with Gasteiger partial charge in [-0.25, -0.2) is 17.3 Å². The van der Waals surface area contributed by atoms with Gasteiger partial charge in [0.1, 0.15) is 54.6 Å². The maximum Gasteiger partial charge on any atom is 0.398 e. The number of aliphatic hydroxyl groups excluding tert-OH is 5. The van der Waals surface area contributed by atoms with Crippen LogP contribution in [0.4, 0.5) is 0 Å². The maximum absolute atomic E-state index is 14.0. The number of carbonyl (C=O) groups is 4. The van der Waals surface area contributed by atoms with Gasteiger partial charge in [0.05, 0.1) is 31.5 Å². The van der Waals surface area contributed by atoms with E-state index in [1.807, 2.05) is 0 Å². The third-order valence-corrected chi connectivity index (χ3v) is 14.1. The van der Waals surface area contributed by atoms with E-state index < -0.39 is 178 Å². The molecule has 71 heavy (non-hydrogen) atoms. The van der Waals surface area contributed by atoms with Crippen LogP contribution in [-0.4, -0.2) is 205 Å². The monoisotopic (exact) mass is 1090 g/mol. The van der Waals surface area contributed by atoms with E-state index in [1.165, 1.54) is 6.92 Å². The summed E-state index contributed by atoms with van der Waals surface area (Å²) < 4.78 is 139. The van der Waals surface area contributed by atoms with Crippen LogP contribution in [0.15, 0.2) is 0 Å². The first-order chi connectivity index (χ1) is 33.0. The van der Waals surface area contributed by atoms with Gasteiger partial charge in [0.15, 0.2) is 24.8 Å². The SMILES string of the molecule is CCC1CC(C(=O)CCCNC(=O)[C@@H](OS(=O)(=O)O)[C@@H](COS(=O)(=O)O)OS(=O)(=O)O)C[C@@H](O[C@@H]2O[C@@H](CO)[C@H](O)C(O[C@@H](CC3CCCCC3)C(=O)O)C2NC(C)=O)[C@@H]1O[C@@H]1OC(C)[C@@H](O)[C@H](O)C1O. The van der Waals surface area contributed by atoms with Crippen LogP contribution >= 0.6 is 0 Å². The Balaban J connectivity index is 1.61. The molecule has 4 rings (SSSR count). The van der Waals surface area contributed by atoms with Gasteiger partial charge < -0.3 is 65.0 Å². The smallest absolute Gasteiger partial charge is 0.398 e. The summed E-state index contributed by atoms with van der Waals surface area (Å²) in [7, 11) is -16.7. The summed E-state index contributed by atoms with van der Waals surface area (Å²) in [5.41, 5.74) is 0. The number of Topliss-reactive ketones (excluding diaryl/α,β-unsaturated/α-hetero) is 1. The van der Waals surface area contributed by atoms with Crippen molar-refractivity contribution in [1.82, 2.24) is 10.6 Å². The normalized spacial score (nSPS) is 33.6. The van der Waals surface area contributed by atoms with Crippen LogP contribution in [0, 0.1) is 17.8 Å². The van der Waals surface area contributed by atoms with Crippen LogP contribution in [0.1, 0.15) is 91.4 Å². The topological polar surface area (TPSA) is 451 Å². The minimum Gasteiger partial charge on any atom is -0.479 e. The average molecular weight is 1090 g/mol. The minimum atomic E-state index is -5.66. The second-order valence-corrected chi connectivity index (χ2v) is 21.2. The van der Waals surface area contributed by atoms with Crippen molar-refractivity contribution in [2.24, 2.45) is 17.8 Å². The third-order valence-electron chi connectivity index (χ3n) is 12.8. The standard InChI is InChI=1S/C39H66N2O27S3/c1-4-21-14-22(23(44)11-8-12-40-36(49)34(68-71(58,59)60)27(67-70(55,56)57)17-61-69(52,53)54)15-24(33(21)66-39-32(48)31(47)29(45)18(2)62-39)64-38-28(41-19(3)43)35(30(46)26(16-42)65-38)63-25(37(50)51)13-20-9-6-5-7-10-20/h18,20-22,24-35,38-39,42,45-48H,4-17H2,1-3H3,(H,40,49)(H,41,43)(H,50,51)(H,52,53,54)(H,55,56,57)(H,58,59,60)/t18?,21?,22?,24-,25+,26+,27-,28?,29-,30+,31+,32?,33-,34+,35?,38-,39+/m1/s1. The second kappa shape index (κ2) is 26.7. The Morgan fingerprint density at radius 2 is 1.44 bits per heavy atom. The lowest BCUT2D eigenvalue weighted by molar-refractivity contribution is -0.338. The number of aliphatic hydroxyl groups is 5. The maximum atomic E-state index is 14.0. The summed E-state index contributed by atoms with van der Waals surface area (Å²) in [6, 6.07) is -1.47. The molecule has 0 bridgehead atoms. The second-order valence-electron chi connectivity index (χ2n) is 18.0. The number of hydrogen-bond acceptors (Lipinski definition) is 23. The lowest BCUT2D eigenvalue weighted by Gasteiger charge is -2.49. The zero-order valence-electron chi connectivity index (χ0n) is 38.9. The van der Waals surface area contributed by atoms with Crippen LogP contribution in [0.5, 0.6) is 0 Å². The zero-order chi connectivity index (χ0) is 53.2. The van der Waals surface area contributed by atoms with E-state index in [1.54, 1.807) is 6.92 Å². The molecule has 32 heteroatoms. The number of carboxylic acids is 1. The molecule has 2 aliphatic carbocycles. The van der Waals surface area contributed by atoms with E-state index in [9.17, 15) is 79.6 Å². The molecule has 4 aliphatic rings. The van der Waals surface area contributed by atoms with Gasteiger partial charge in [-0.3, -0.25) is 28.0 Å². The van der Waals surface area contributed by atoms with Gasteiger partial charge in [-0.15, -0.1) is 0 Å². The van der Waals surface area contributed by atoms with Gasteiger partial charge in [-0.1, -0.05) is 45.4 Å². The van der Waals surface area contributed by atoms with Crippen molar-refractivity contribution in [2.75, 3.05) is 19.8 Å². The van der Waals surface area contributed by atoms with Gasteiger partial charge in [0.2, 0.25) is 5.91 Å². The molecule has 11 N–H and O–H groups in total. The molecule has 0 radical (unpaired) electrons. The number of ketones is 1. The van der Waals surface area contributed by atoms with Crippen LogP contribution in [0.2, 0.25) is 0 Å². The molecular weight excluding hydrogens is 1020 g/mol. The number of amides is 2. The fourth-order valence-corrected chi connectivity index (χ4v) is 10.5. The van der Waals surface area contributed by atoms with E-state index >= 15 is 0 Å². The Bertz CT molecular complexity index is 2110. The van der Waals surface area contributed by atoms with Gasteiger partial charge in [0.25, 0.3) is 5.91 Å². The van der Waals surface area contributed by atoms with Crippen molar-refractivity contribution in [2.45, 2.75) is 183 Å². The highest BCUT2D eigenvalue weighted by Crippen LogP contribution is 2.40. The predicted octanol–water partition coefficient (Wildman–Crippen LogP) is -2.93. The van der Waals surface area contributed by atoms with Gasteiger partial charge in [-0.05, 0) is 44.4 Å². The van der Waals surface area contributed by atoms with Crippen LogP contribution in [0.25, 0.3) is 0 Å². The molecule has 0 aromatic heterocycles. The van der Waals surface area contributed by atoms with Crippen molar-refractivity contribution < 1.29 is 125 Å². The van der Waals surface area contributed by atoms with Crippen LogP contribution in [0.3, 0.4) is 0 Å². The largest absolute Gasteiger partial charge is 0.479 e. The highest BCUT2D eigenvalue weighted by molar-refractivity contribution is 7.81. The molecule has 0 aromatic carbocycles. The molecule has 0 aromatic rings. The summed E-state index contributed by atoms with van der Waals surface area (Å²) in [6.07, 6.45) is -19.7. The molecule has 2 amide bonds. The molecule has 4 fully saturated rings. The molecule has 2 saturated carbocycles. The minimum absolute atomic E-state index is 0.0186. The highest BCUT2D eigenvalue weighted by atomic mass is 32.3. The predicted molar refractivity (Wildman–Crippen MR) is 233 cm³/mol. The molecular formula is C39H66N2O27S3. The number of ether oxygens (including phenoxy) is 5. The molecule has 412 valence electrons. The number of nitrogens with one attached hydrogen (secondary N) is 2. The number of aliphatic carboxylic acids is 1. The molecule has 2 heterocycles. The Morgan fingerprint density at radius 1 is 0.789 bits per heavy atom. The van der Waals surface area contributed by atoms with Crippen molar-refractivity contribution >= 4 is 54.8 Å². The summed E-state index contributed by atoms with van der Waals surface area (Å²) in [5.74, 6) is -5.73. The van der Waals surface area contributed by atoms with E-state index in [0.717, 1.165) is 39.0 Å². The lowest BCUT2D eigenvalue weighted by Crippen LogP contribution is -2.67. The van der Waals surface area contributed by atoms with Crippen molar-refractivity contribution in [1.29, 1.82) is 0 Å². The number of carbonyl (C=O) groups excluding carboxylic acids is 3. The first kappa shape index (κ1) is 60.8. The van der Waals surface area contributed by atoms with Crippen molar-refractivity contribution in [3.8, 4) is 0 Å². The fraction of sp³-hybridized carbons (Fsp3) is 0.897. The Kier molecular flexibility index (Phi) is 22.9. The fourth-order valence-electron chi connectivity index (χ4n) is 9.28. The van der Waals surface area contributed by atoms with Gasteiger partial charge in [-0.2, -0.15) is 25.3 Å². The summed E-state index contributed by atoms with van der Waals surface area (Å²) >= 11 is 0. The molecule has 2 aliphatic heterocycles. The highest BCUT2D eigenvalue weighted by Gasteiger charge is 2.53. The zero-order valence-corrected chi connectivity index (χ0v) is 41.3. The Labute approximate surface area is 410 Å². The first-order valence-electron chi connectivity index (χ1n) is 22.9. The average Bonchev–Trinajstić information content (AvgIpc) is 3.27. The van der Waals surface area contributed by atoms with Crippen LogP contribution < -0.4 is 10.6 Å². The quantitative estimate of drug-likeness (QED) is 0.0305. The van der Waals surface area contributed by atoms with E-state index in [-0.39, 0.29) is 44.4 Å². The molecule has 17 atom stereocenters. The molecule has 6 unspecified atom stereocenters. The Hall–Kier alpha value is -2.71. The van der Waals surface area contributed by atoms with Crippen molar-refractivity contribution in [3.63, 3.8) is 0 Å².